The summed E-state index contributed by atoms with van der Waals surface area (Å²) in [7, 11) is 0. The maximum atomic E-state index is 10.2. The summed E-state index contributed by atoms with van der Waals surface area (Å²) in [5.74, 6) is -9.00. The van der Waals surface area contributed by atoms with E-state index in [0.717, 1.165) is 0 Å². The molecular weight excluding hydrogens is 304 g/mol. The minimum atomic E-state index is -2.38. The van der Waals surface area contributed by atoms with E-state index in [0.29, 0.717) is 0 Å². The van der Waals surface area contributed by atoms with Gasteiger partial charge in [-0.05, 0) is 5.57 Å². The smallest absolute Gasteiger partial charge is 0.550 e. The molecule has 0 rings (SSSR count). The largest absolute Gasteiger partial charge is 1.00 e. The van der Waals surface area contributed by atoms with Crippen LogP contribution in [0.2, 0.25) is 0 Å². The Kier molecular flexibility index (Phi) is 27.4. The van der Waals surface area contributed by atoms with E-state index in [1.165, 1.54) is 0 Å². The van der Waals surface area contributed by atoms with Crippen LogP contribution in [-0.4, -0.2) is 23.9 Å². The Morgan fingerprint density at radius 1 is 0.632 bits per heavy atom. The minimum absolute atomic E-state index is 0. The molecule has 12 heteroatoms. The molecule has 0 amide bonds. The summed E-state index contributed by atoms with van der Waals surface area (Å²) < 4.78 is 0. The van der Waals surface area contributed by atoms with Crippen molar-refractivity contribution in [1.29, 1.82) is 0 Å². The Labute approximate surface area is 196 Å². The van der Waals surface area contributed by atoms with Crippen LogP contribution in [0.1, 0.15) is 6.42 Å². The number of carboxylic acid groups (broad SMARTS) is 4. The molecule has 0 unspecified atom stereocenters. The van der Waals surface area contributed by atoms with E-state index in [1.54, 1.807) is 0 Å². The Morgan fingerprint density at radius 2 is 0.947 bits per heavy atom. The quantitative estimate of drug-likeness (QED) is 0.209. The predicted octanol–water partition coefficient (Wildman–Crippen LogP) is -18.3. The van der Waals surface area contributed by atoms with Gasteiger partial charge < -0.3 is 39.6 Å². The molecule has 0 aliphatic carbocycles. The second kappa shape index (κ2) is 16.0. The molecule has 0 bridgehead atoms. The average Bonchev–Trinajstić information content (AvgIpc) is 2.00. The van der Waals surface area contributed by atoms with Crippen molar-refractivity contribution in [2.75, 3.05) is 0 Å². The first-order valence-corrected chi connectivity index (χ1v) is 3.34. The molecule has 0 aromatic carbocycles. The van der Waals surface area contributed by atoms with Crippen LogP contribution < -0.4 is 139 Å². The number of hydrogen-bond acceptors (Lipinski definition) is 8. The Hall–Kier alpha value is 1.62. The first kappa shape index (κ1) is 32.5. The molecule has 0 saturated heterocycles. The van der Waals surface area contributed by atoms with Crippen molar-refractivity contribution in [3.63, 3.8) is 0 Å². The molecule has 0 radical (unpaired) electrons. The summed E-state index contributed by atoms with van der Waals surface area (Å²) >= 11 is 0. The number of hydrogen-bond donors (Lipinski definition) is 0. The van der Waals surface area contributed by atoms with Gasteiger partial charge in [-0.25, -0.2) is 0 Å². The standard InChI is InChI=1S/C7H6O8.4Na/c8-3(9)1-2(5(10)11)4(6(12)13)7(14)15;;;;/h1H2,(H,8,9)(H,10,11)(H,12,13)(H,14,15);;;;/q;4*+1/p-4. The van der Waals surface area contributed by atoms with Crippen molar-refractivity contribution < 1.29 is 158 Å². The van der Waals surface area contributed by atoms with Crippen LogP contribution in [0.25, 0.3) is 0 Å². The SMILES string of the molecule is O=C([O-])CC(C(=O)[O-])=C(C(=O)[O-])C(=O)[O-].[Na+].[Na+].[Na+].[Na+]. The van der Waals surface area contributed by atoms with Crippen molar-refractivity contribution in [1.82, 2.24) is 0 Å². The predicted molar refractivity (Wildman–Crippen MR) is 31.7 cm³/mol. The number of carbonyl (C=O) groups is 4. The van der Waals surface area contributed by atoms with Crippen LogP contribution >= 0.6 is 0 Å². The maximum absolute atomic E-state index is 10.2. The number of carboxylic acids is 4. The fourth-order valence-electron chi connectivity index (χ4n) is 0.737. The third-order valence-corrected chi connectivity index (χ3v) is 1.28. The molecular formula is C7H2Na4O8. The molecule has 0 saturated carbocycles. The second-order valence-corrected chi connectivity index (χ2v) is 2.26. The van der Waals surface area contributed by atoms with Gasteiger partial charge in [0.1, 0.15) is 0 Å². The Balaban J connectivity index is -0.000000163. The zero-order valence-electron chi connectivity index (χ0n) is 11.0. The fourth-order valence-corrected chi connectivity index (χ4v) is 0.737. The topological polar surface area (TPSA) is 161 Å². The molecule has 0 aromatic heterocycles. The molecule has 0 atom stereocenters. The fraction of sp³-hybridized carbons (Fsp3) is 0.143. The third kappa shape index (κ3) is 13.0. The second-order valence-electron chi connectivity index (χ2n) is 2.26. The van der Waals surface area contributed by atoms with Crippen molar-refractivity contribution >= 4 is 23.9 Å². The molecule has 0 aromatic rings. The number of rotatable bonds is 5. The molecule has 8 nitrogen and oxygen atoms in total. The number of aliphatic carboxylic acids is 4. The average molecular weight is 306 g/mol. The first-order valence-electron chi connectivity index (χ1n) is 3.34. The third-order valence-electron chi connectivity index (χ3n) is 1.28. The Bertz CT molecular complexity index is 361. The summed E-state index contributed by atoms with van der Waals surface area (Å²) in [6, 6.07) is 0. The van der Waals surface area contributed by atoms with E-state index in [1.807, 2.05) is 0 Å². The van der Waals surface area contributed by atoms with E-state index >= 15 is 0 Å². The molecule has 0 spiro atoms. The van der Waals surface area contributed by atoms with E-state index in [4.69, 9.17) is 0 Å². The van der Waals surface area contributed by atoms with Crippen molar-refractivity contribution in [2.24, 2.45) is 0 Å². The van der Waals surface area contributed by atoms with Gasteiger partial charge in [0.2, 0.25) is 0 Å². The van der Waals surface area contributed by atoms with Crippen LogP contribution in [0.4, 0.5) is 0 Å². The molecule has 0 fully saturated rings. The van der Waals surface area contributed by atoms with Gasteiger partial charge in [0, 0.05) is 18.0 Å². The van der Waals surface area contributed by atoms with Crippen molar-refractivity contribution in [2.45, 2.75) is 6.42 Å². The van der Waals surface area contributed by atoms with Gasteiger partial charge >= 0.3 is 118 Å². The van der Waals surface area contributed by atoms with E-state index in [-0.39, 0.29) is 118 Å². The van der Waals surface area contributed by atoms with Gasteiger partial charge in [-0.1, -0.05) is 0 Å². The van der Waals surface area contributed by atoms with Gasteiger partial charge in [-0.2, -0.15) is 0 Å². The van der Waals surface area contributed by atoms with Crippen LogP contribution in [0.3, 0.4) is 0 Å². The molecule has 0 heterocycles. The van der Waals surface area contributed by atoms with Crippen LogP contribution in [-0.2, 0) is 19.2 Å². The molecule has 0 aliphatic heterocycles. The van der Waals surface area contributed by atoms with Gasteiger partial charge in [0.15, 0.2) is 0 Å². The van der Waals surface area contributed by atoms with Gasteiger partial charge in [-0.3, -0.25) is 0 Å². The molecule has 82 valence electrons. The van der Waals surface area contributed by atoms with E-state index < -0.39 is 41.4 Å². The van der Waals surface area contributed by atoms with Crippen LogP contribution in [0.15, 0.2) is 11.1 Å². The van der Waals surface area contributed by atoms with Crippen molar-refractivity contribution in [3.8, 4) is 0 Å². The van der Waals surface area contributed by atoms with Gasteiger partial charge in [-0.15, -0.1) is 0 Å². The van der Waals surface area contributed by atoms with Gasteiger partial charge in [0.05, 0.1) is 17.9 Å². The van der Waals surface area contributed by atoms with Crippen LogP contribution in [0.5, 0.6) is 0 Å². The minimum Gasteiger partial charge on any atom is -0.550 e. The number of carbonyl (C=O) groups excluding carboxylic acids is 4. The Morgan fingerprint density at radius 3 is 1.11 bits per heavy atom. The van der Waals surface area contributed by atoms with E-state index in [2.05, 4.69) is 0 Å². The normalized spacial score (nSPS) is 7.16. The van der Waals surface area contributed by atoms with Gasteiger partial charge in [0.25, 0.3) is 0 Å². The van der Waals surface area contributed by atoms with E-state index in [9.17, 15) is 39.6 Å². The summed E-state index contributed by atoms with van der Waals surface area (Å²) in [4.78, 5) is 40.6. The first-order chi connectivity index (χ1) is 6.77. The monoisotopic (exact) mass is 306 g/mol. The summed E-state index contributed by atoms with van der Waals surface area (Å²) in [5.41, 5.74) is -3.26. The molecule has 0 aliphatic rings. The summed E-state index contributed by atoms with van der Waals surface area (Å²) in [6.45, 7) is 0. The zero-order chi connectivity index (χ0) is 12.2. The summed E-state index contributed by atoms with van der Waals surface area (Å²) in [5, 5.41) is 40.6. The van der Waals surface area contributed by atoms with Crippen LogP contribution in [0, 0.1) is 0 Å². The zero-order valence-corrected chi connectivity index (χ0v) is 19.0. The summed E-state index contributed by atoms with van der Waals surface area (Å²) in [6.07, 6.45) is -1.43. The van der Waals surface area contributed by atoms with Crippen molar-refractivity contribution in [3.05, 3.63) is 11.1 Å². The molecule has 0 N–H and O–H groups in total. The molecule has 19 heavy (non-hydrogen) atoms. The maximum Gasteiger partial charge on any atom is 1.00 e.